The van der Waals surface area contributed by atoms with E-state index in [1.807, 2.05) is 72.0 Å². The molecule has 8 aromatic carbocycles. The molecule has 0 radical (unpaired) electrons. The Morgan fingerprint density at radius 3 is 1.31 bits per heavy atom. The van der Waals surface area contributed by atoms with Crippen LogP contribution in [0.1, 0.15) is 0 Å². The fourth-order valence-corrected chi connectivity index (χ4v) is 8.56. The maximum atomic E-state index is 4.99. The molecular formula is C47H29N3S. The molecule has 51 heavy (non-hydrogen) atoms. The van der Waals surface area contributed by atoms with Crippen LogP contribution in [0.15, 0.2) is 176 Å². The number of benzene rings is 8. The van der Waals surface area contributed by atoms with Crippen LogP contribution >= 0.6 is 11.3 Å². The minimum atomic E-state index is 0.646. The number of thiophene rings is 1. The largest absolute Gasteiger partial charge is 0.208 e. The molecule has 10 aromatic rings. The van der Waals surface area contributed by atoms with Gasteiger partial charge in [-0.3, -0.25) is 0 Å². The van der Waals surface area contributed by atoms with Crippen LogP contribution < -0.4 is 0 Å². The van der Waals surface area contributed by atoms with Gasteiger partial charge in [0.1, 0.15) is 0 Å². The molecule has 4 heteroatoms. The van der Waals surface area contributed by atoms with Gasteiger partial charge >= 0.3 is 0 Å². The first-order chi connectivity index (χ1) is 25.3. The van der Waals surface area contributed by atoms with E-state index in [-0.39, 0.29) is 0 Å². The summed E-state index contributed by atoms with van der Waals surface area (Å²) < 4.78 is 2.60. The molecule has 0 bridgehead atoms. The van der Waals surface area contributed by atoms with Gasteiger partial charge in [-0.2, -0.15) is 0 Å². The second kappa shape index (κ2) is 12.1. The van der Waals surface area contributed by atoms with Gasteiger partial charge in [-0.1, -0.05) is 164 Å². The van der Waals surface area contributed by atoms with Crippen LogP contribution in [0.4, 0.5) is 0 Å². The molecule has 0 aliphatic rings. The molecule has 2 heterocycles. The lowest BCUT2D eigenvalue weighted by atomic mass is 9.83. The summed E-state index contributed by atoms with van der Waals surface area (Å²) in [6.45, 7) is 0. The average molecular weight is 668 g/mol. The van der Waals surface area contributed by atoms with E-state index in [1.165, 1.54) is 58.4 Å². The maximum absolute atomic E-state index is 4.99. The zero-order valence-electron chi connectivity index (χ0n) is 27.5. The van der Waals surface area contributed by atoms with E-state index in [2.05, 4.69) is 115 Å². The number of rotatable bonds is 5. The number of hydrogen-bond donors (Lipinski definition) is 0. The van der Waals surface area contributed by atoms with Crippen molar-refractivity contribution in [3.63, 3.8) is 0 Å². The summed E-state index contributed by atoms with van der Waals surface area (Å²) in [5.41, 5.74) is 7.73. The second-order valence-corrected chi connectivity index (χ2v) is 13.8. The highest BCUT2D eigenvalue weighted by molar-refractivity contribution is 7.25. The van der Waals surface area contributed by atoms with Crippen molar-refractivity contribution in [1.82, 2.24) is 15.0 Å². The lowest BCUT2D eigenvalue weighted by Gasteiger charge is -2.19. The molecule has 0 saturated heterocycles. The van der Waals surface area contributed by atoms with Crippen molar-refractivity contribution >= 4 is 53.1 Å². The molecule has 0 saturated carbocycles. The molecule has 0 aliphatic heterocycles. The topological polar surface area (TPSA) is 38.7 Å². The zero-order chi connectivity index (χ0) is 33.7. The minimum absolute atomic E-state index is 0.646. The molecule has 3 nitrogen and oxygen atoms in total. The SMILES string of the molecule is c1ccc(-c2nc(-c3ccccc3)nc(-c3ccc(-c4c(-c5cccc6sc7ccccc7c56)c5ccccc5c5ccccc45)cc3)n2)cc1. The minimum Gasteiger partial charge on any atom is -0.208 e. The quantitative estimate of drug-likeness (QED) is 0.171. The molecule has 0 spiro atoms. The molecule has 0 amide bonds. The number of nitrogens with zero attached hydrogens (tertiary/aromatic N) is 3. The fraction of sp³-hybridized carbons (Fsp3) is 0. The summed E-state index contributed by atoms with van der Waals surface area (Å²) in [7, 11) is 0. The Bertz CT molecular complexity index is 2840. The van der Waals surface area contributed by atoms with E-state index in [4.69, 9.17) is 15.0 Å². The molecule has 2 aromatic heterocycles. The Hall–Kier alpha value is -6.49. The highest BCUT2D eigenvalue weighted by Crippen LogP contribution is 2.48. The van der Waals surface area contributed by atoms with Gasteiger partial charge in [0.05, 0.1) is 0 Å². The van der Waals surface area contributed by atoms with Gasteiger partial charge < -0.3 is 0 Å². The summed E-state index contributed by atoms with van der Waals surface area (Å²) in [6, 6.07) is 62.2. The predicted molar refractivity (Wildman–Crippen MR) is 215 cm³/mol. The third-order valence-corrected chi connectivity index (χ3v) is 10.9. The Morgan fingerprint density at radius 2 is 0.725 bits per heavy atom. The molecule has 0 unspecified atom stereocenters. The standard InChI is InChI=1S/C47H29N3S/c1-3-14-31(15-4-1)45-48-46(32-16-5-2-6-17-32)50-47(49-45)33-28-26-30(27-29-33)42-36-20-9-7-18-34(36)35-19-8-10-21-37(35)44(42)39-23-13-25-41-43(39)38-22-11-12-24-40(38)51-41/h1-29H. The van der Waals surface area contributed by atoms with Crippen LogP contribution in [-0.2, 0) is 0 Å². The van der Waals surface area contributed by atoms with E-state index in [0.717, 1.165) is 22.3 Å². The number of fused-ring (bicyclic) bond motifs is 6. The zero-order valence-corrected chi connectivity index (χ0v) is 28.3. The van der Waals surface area contributed by atoms with Crippen LogP contribution in [0.5, 0.6) is 0 Å². The molecule has 0 aliphatic carbocycles. The van der Waals surface area contributed by atoms with E-state index < -0.39 is 0 Å². The normalized spacial score (nSPS) is 11.5. The van der Waals surface area contributed by atoms with Gasteiger partial charge in [-0.05, 0) is 55.9 Å². The Labute approximate surface area is 299 Å². The van der Waals surface area contributed by atoms with Crippen molar-refractivity contribution < 1.29 is 0 Å². The highest BCUT2D eigenvalue weighted by Gasteiger charge is 2.21. The second-order valence-electron chi connectivity index (χ2n) is 12.7. The summed E-state index contributed by atoms with van der Waals surface area (Å²) in [4.78, 5) is 14.9. The maximum Gasteiger partial charge on any atom is 0.164 e. The lowest BCUT2D eigenvalue weighted by molar-refractivity contribution is 1.07. The summed E-state index contributed by atoms with van der Waals surface area (Å²) in [6.07, 6.45) is 0. The van der Waals surface area contributed by atoms with Gasteiger partial charge in [0.15, 0.2) is 17.5 Å². The highest BCUT2D eigenvalue weighted by atomic mass is 32.1. The molecule has 0 atom stereocenters. The monoisotopic (exact) mass is 667 g/mol. The Morgan fingerprint density at radius 1 is 0.294 bits per heavy atom. The predicted octanol–water partition coefficient (Wildman–Crippen LogP) is 12.9. The number of hydrogen-bond acceptors (Lipinski definition) is 4. The first-order valence-corrected chi connectivity index (χ1v) is 17.9. The van der Waals surface area contributed by atoms with Gasteiger partial charge in [0.2, 0.25) is 0 Å². The van der Waals surface area contributed by atoms with Crippen molar-refractivity contribution in [2.75, 3.05) is 0 Å². The first kappa shape index (κ1) is 29.4. The molecule has 10 rings (SSSR count). The van der Waals surface area contributed by atoms with Gasteiger partial charge in [0, 0.05) is 36.9 Å². The third-order valence-electron chi connectivity index (χ3n) is 9.74. The lowest BCUT2D eigenvalue weighted by Crippen LogP contribution is -2.00. The van der Waals surface area contributed by atoms with Crippen LogP contribution in [-0.4, -0.2) is 15.0 Å². The number of aromatic nitrogens is 3. The van der Waals surface area contributed by atoms with Gasteiger partial charge in [-0.15, -0.1) is 11.3 Å². The summed E-state index contributed by atoms with van der Waals surface area (Å²) in [5.74, 6) is 1.96. The molecule has 238 valence electrons. The summed E-state index contributed by atoms with van der Waals surface area (Å²) >= 11 is 1.86. The van der Waals surface area contributed by atoms with Crippen LogP contribution in [0.3, 0.4) is 0 Å². The first-order valence-electron chi connectivity index (χ1n) is 17.1. The van der Waals surface area contributed by atoms with Crippen LogP contribution in [0.25, 0.3) is 98.1 Å². The fourth-order valence-electron chi connectivity index (χ4n) is 7.43. The molecular weight excluding hydrogens is 639 g/mol. The van der Waals surface area contributed by atoms with Crippen molar-refractivity contribution in [2.45, 2.75) is 0 Å². The van der Waals surface area contributed by atoms with E-state index in [0.29, 0.717) is 17.5 Å². The van der Waals surface area contributed by atoms with Crippen molar-refractivity contribution in [3.05, 3.63) is 176 Å². The smallest absolute Gasteiger partial charge is 0.164 e. The van der Waals surface area contributed by atoms with Crippen molar-refractivity contribution in [1.29, 1.82) is 0 Å². The van der Waals surface area contributed by atoms with Crippen LogP contribution in [0.2, 0.25) is 0 Å². The Kier molecular flexibility index (Phi) is 7.00. The van der Waals surface area contributed by atoms with E-state index in [9.17, 15) is 0 Å². The molecule has 0 N–H and O–H groups in total. The van der Waals surface area contributed by atoms with Gasteiger partial charge in [-0.25, -0.2) is 15.0 Å². The Balaban J connectivity index is 1.21. The molecule has 0 fully saturated rings. The van der Waals surface area contributed by atoms with Gasteiger partial charge in [0.25, 0.3) is 0 Å². The van der Waals surface area contributed by atoms with E-state index in [1.54, 1.807) is 0 Å². The van der Waals surface area contributed by atoms with Crippen molar-refractivity contribution in [2.24, 2.45) is 0 Å². The van der Waals surface area contributed by atoms with Crippen LogP contribution in [0, 0.1) is 0 Å². The average Bonchev–Trinajstić information content (AvgIpc) is 3.60. The van der Waals surface area contributed by atoms with Crippen molar-refractivity contribution in [3.8, 4) is 56.4 Å². The third kappa shape index (κ3) is 5.00. The summed E-state index contributed by atoms with van der Waals surface area (Å²) in [5, 5.41) is 7.58. The van der Waals surface area contributed by atoms with E-state index >= 15 is 0 Å².